The van der Waals surface area contributed by atoms with Gasteiger partial charge >= 0.3 is 0 Å². The van der Waals surface area contributed by atoms with Gasteiger partial charge in [0, 0.05) is 50.2 Å². The van der Waals surface area contributed by atoms with Crippen LogP contribution in [0.1, 0.15) is 5.56 Å². The second-order valence-electron chi connectivity index (χ2n) is 8.90. The van der Waals surface area contributed by atoms with E-state index in [0.717, 1.165) is 66.4 Å². The molecule has 1 aliphatic rings. The molecule has 1 saturated heterocycles. The van der Waals surface area contributed by atoms with E-state index in [9.17, 15) is 4.39 Å². The minimum atomic E-state index is -0.253. The molecule has 3 heterocycles. The van der Waals surface area contributed by atoms with E-state index in [4.69, 9.17) is 4.98 Å². The van der Waals surface area contributed by atoms with Crippen molar-refractivity contribution >= 4 is 16.9 Å². The van der Waals surface area contributed by atoms with E-state index in [1.165, 1.54) is 17.7 Å². The van der Waals surface area contributed by atoms with Gasteiger partial charge in [0.15, 0.2) is 5.65 Å². The molecular weight excluding hydrogens is 437 g/mol. The Morgan fingerprint density at radius 1 is 0.743 bits per heavy atom. The van der Waals surface area contributed by atoms with Gasteiger partial charge in [0.1, 0.15) is 18.0 Å². The van der Waals surface area contributed by atoms with Gasteiger partial charge in [0.25, 0.3) is 0 Å². The van der Waals surface area contributed by atoms with Crippen LogP contribution in [0.2, 0.25) is 0 Å². The first-order valence-corrected chi connectivity index (χ1v) is 11.9. The maximum atomic E-state index is 13.6. The van der Waals surface area contributed by atoms with Crippen LogP contribution in [0, 0.1) is 5.82 Å². The van der Waals surface area contributed by atoms with E-state index in [1.807, 2.05) is 22.8 Å². The number of halogens is 1. The summed E-state index contributed by atoms with van der Waals surface area (Å²) in [6.07, 6.45) is 3.74. The number of nitrogens with zero attached hydrogens (tertiary/aromatic N) is 5. The molecule has 0 N–H and O–H groups in total. The molecule has 1 aliphatic heterocycles. The Morgan fingerprint density at radius 2 is 1.43 bits per heavy atom. The predicted molar refractivity (Wildman–Crippen MR) is 138 cm³/mol. The fourth-order valence-corrected chi connectivity index (χ4v) is 4.88. The van der Waals surface area contributed by atoms with Gasteiger partial charge in [-0.05, 0) is 35.4 Å². The Hall–Kier alpha value is -4.03. The van der Waals surface area contributed by atoms with Crippen molar-refractivity contribution in [1.29, 1.82) is 0 Å². The average molecular weight is 464 g/mol. The molecule has 2 aromatic heterocycles. The van der Waals surface area contributed by atoms with Crippen LogP contribution in [0.4, 0.5) is 10.2 Å². The van der Waals surface area contributed by atoms with E-state index in [2.05, 4.69) is 63.4 Å². The highest BCUT2D eigenvalue weighted by molar-refractivity contribution is 6.02. The molecule has 0 saturated carbocycles. The summed E-state index contributed by atoms with van der Waals surface area (Å²) in [6.45, 7) is 4.70. The Morgan fingerprint density at radius 3 is 2.14 bits per heavy atom. The molecule has 0 unspecified atom stereocenters. The van der Waals surface area contributed by atoms with Crippen molar-refractivity contribution in [2.45, 2.75) is 6.54 Å². The molecule has 0 amide bonds. The largest absolute Gasteiger partial charge is 0.353 e. The lowest BCUT2D eigenvalue weighted by Gasteiger charge is -2.35. The molecule has 3 aromatic carbocycles. The monoisotopic (exact) mass is 463 g/mol. The van der Waals surface area contributed by atoms with Crippen molar-refractivity contribution in [3.63, 3.8) is 0 Å². The zero-order valence-electron chi connectivity index (χ0n) is 19.4. The third-order valence-electron chi connectivity index (χ3n) is 6.67. The molecule has 35 heavy (non-hydrogen) atoms. The Labute approximate surface area is 204 Å². The number of hydrogen-bond acceptors (Lipinski definition) is 4. The van der Waals surface area contributed by atoms with E-state index < -0.39 is 0 Å². The molecule has 5 aromatic rings. The summed E-state index contributed by atoms with van der Waals surface area (Å²) in [5, 5.41) is 1.03. The summed E-state index contributed by atoms with van der Waals surface area (Å²) >= 11 is 0. The third-order valence-corrected chi connectivity index (χ3v) is 6.67. The molecule has 6 rings (SSSR count). The summed E-state index contributed by atoms with van der Waals surface area (Å²) in [6, 6.07) is 27.5. The first-order valence-electron chi connectivity index (χ1n) is 11.9. The van der Waals surface area contributed by atoms with Gasteiger partial charge in [-0.25, -0.2) is 14.4 Å². The minimum absolute atomic E-state index is 0.253. The number of anilines is 1. The van der Waals surface area contributed by atoms with Crippen molar-refractivity contribution in [2.24, 2.45) is 0 Å². The smallest absolute Gasteiger partial charge is 0.150 e. The van der Waals surface area contributed by atoms with Crippen LogP contribution in [-0.2, 0) is 6.54 Å². The van der Waals surface area contributed by atoms with E-state index in [1.54, 1.807) is 18.5 Å². The maximum Gasteiger partial charge on any atom is 0.150 e. The van der Waals surface area contributed by atoms with E-state index in [-0.39, 0.29) is 5.82 Å². The van der Waals surface area contributed by atoms with Gasteiger partial charge in [-0.15, -0.1) is 0 Å². The highest BCUT2D eigenvalue weighted by Gasteiger charge is 2.24. The lowest BCUT2D eigenvalue weighted by molar-refractivity contribution is 0.249. The molecule has 0 aliphatic carbocycles. The molecule has 0 radical (unpaired) electrons. The average Bonchev–Trinajstić information content (AvgIpc) is 3.31. The van der Waals surface area contributed by atoms with Crippen LogP contribution >= 0.6 is 0 Å². The lowest BCUT2D eigenvalue weighted by Crippen LogP contribution is -2.46. The van der Waals surface area contributed by atoms with Gasteiger partial charge in [-0.2, -0.15) is 0 Å². The number of benzene rings is 3. The molecule has 174 valence electrons. The van der Waals surface area contributed by atoms with Crippen LogP contribution in [0.25, 0.3) is 27.8 Å². The van der Waals surface area contributed by atoms with Crippen LogP contribution < -0.4 is 4.90 Å². The first-order chi connectivity index (χ1) is 17.3. The maximum absolute atomic E-state index is 13.6. The van der Waals surface area contributed by atoms with E-state index in [0.29, 0.717) is 0 Å². The number of hydrogen-bond donors (Lipinski definition) is 0. The third kappa shape index (κ3) is 4.29. The molecule has 0 atom stereocenters. The fraction of sp³-hybridized carbons (Fsp3) is 0.172. The standard InChI is InChI=1S/C29H26FN5/c30-24-11-13-25(14-12-24)35-20-26(23-9-5-2-6-10-23)27-28(31-21-32-29(27)35)34-17-15-33(16-18-34)19-22-7-3-1-4-8-22/h1-14,20-21H,15-19H2. The van der Waals surface area contributed by atoms with Crippen LogP contribution in [0.3, 0.4) is 0 Å². The fourth-order valence-electron chi connectivity index (χ4n) is 4.88. The molecular formula is C29H26FN5. The summed E-state index contributed by atoms with van der Waals surface area (Å²) in [7, 11) is 0. The van der Waals surface area contributed by atoms with Gasteiger partial charge in [-0.3, -0.25) is 4.90 Å². The molecule has 1 fully saturated rings. The van der Waals surface area contributed by atoms with Crippen molar-refractivity contribution in [1.82, 2.24) is 19.4 Å². The zero-order chi connectivity index (χ0) is 23.6. The zero-order valence-corrected chi connectivity index (χ0v) is 19.4. The highest BCUT2D eigenvalue weighted by Crippen LogP contribution is 2.37. The van der Waals surface area contributed by atoms with Crippen molar-refractivity contribution in [2.75, 3.05) is 31.1 Å². The van der Waals surface area contributed by atoms with Crippen LogP contribution in [0.15, 0.2) is 97.5 Å². The Balaban J connectivity index is 1.37. The Kier molecular flexibility index (Phi) is 5.72. The van der Waals surface area contributed by atoms with Crippen LogP contribution in [0.5, 0.6) is 0 Å². The summed E-state index contributed by atoms with van der Waals surface area (Å²) in [5.41, 5.74) is 5.22. The second kappa shape index (κ2) is 9.31. The van der Waals surface area contributed by atoms with Gasteiger partial charge in [0.05, 0.1) is 5.39 Å². The Bertz CT molecular complexity index is 1420. The summed E-state index contributed by atoms with van der Waals surface area (Å²) in [5.74, 6) is 0.700. The SMILES string of the molecule is Fc1ccc(-n2cc(-c3ccccc3)c3c(N4CCN(Cc5ccccc5)CC4)ncnc32)cc1. The normalized spacial score (nSPS) is 14.5. The van der Waals surface area contributed by atoms with Gasteiger partial charge in [-0.1, -0.05) is 60.7 Å². The molecule has 0 spiro atoms. The number of piperazine rings is 1. The predicted octanol–water partition coefficient (Wildman–Crippen LogP) is 5.55. The van der Waals surface area contributed by atoms with Gasteiger partial charge in [0.2, 0.25) is 0 Å². The quantitative estimate of drug-likeness (QED) is 0.343. The molecule has 0 bridgehead atoms. The van der Waals surface area contributed by atoms with Crippen molar-refractivity contribution in [3.8, 4) is 16.8 Å². The number of rotatable bonds is 5. The van der Waals surface area contributed by atoms with Crippen LogP contribution in [-0.4, -0.2) is 45.6 Å². The molecule has 5 nitrogen and oxygen atoms in total. The van der Waals surface area contributed by atoms with E-state index >= 15 is 0 Å². The topological polar surface area (TPSA) is 37.2 Å². The lowest BCUT2D eigenvalue weighted by atomic mass is 10.1. The summed E-state index contributed by atoms with van der Waals surface area (Å²) in [4.78, 5) is 14.3. The number of aromatic nitrogens is 3. The van der Waals surface area contributed by atoms with Crippen molar-refractivity contribution < 1.29 is 4.39 Å². The molecule has 6 heteroatoms. The highest BCUT2D eigenvalue weighted by atomic mass is 19.1. The second-order valence-corrected chi connectivity index (χ2v) is 8.90. The summed E-state index contributed by atoms with van der Waals surface area (Å²) < 4.78 is 15.7. The number of fused-ring (bicyclic) bond motifs is 1. The van der Waals surface area contributed by atoms with Gasteiger partial charge < -0.3 is 9.47 Å². The first kappa shape index (κ1) is 21.5. The van der Waals surface area contributed by atoms with Crippen molar-refractivity contribution in [3.05, 3.63) is 109 Å². The minimum Gasteiger partial charge on any atom is -0.353 e.